The molecule has 0 aliphatic carbocycles. The van der Waals surface area contributed by atoms with Gasteiger partial charge in [-0.2, -0.15) is 0 Å². The molecule has 152 valence electrons. The summed E-state index contributed by atoms with van der Waals surface area (Å²) in [4.78, 5) is 19.5. The highest BCUT2D eigenvalue weighted by Crippen LogP contribution is 2.26. The van der Waals surface area contributed by atoms with Gasteiger partial charge in [0.2, 0.25) is 0 Å². The lowest BCUT2D eigenvalue weighted by Crippen LogP contribution is -2.48. The number of amides is 1. The number of pyridine rings is 1. The van der Waals surface area contributed by atoms with Crippen molar-refractivity contribution in [2.24, 2.45) is 5.92 Å². The van der Waals surface area contributed by atoms with Crippen molar-refractivity contribution in [1.82, 2.24) is 14.3 Å². The standard InChI is InChI=1S/C23H27FN4O/c1-13-10-27(11-13)23(29)18-8-21(22-26-16(4)17(5)28(22)12-18)25-9-20-14(2)6-19(24)7-15(20)3/h6-8,12-13,25H,9-11H2,1-5H3. The maximum absolute atomic E-state index is 13.6. The van der Waals surface area contributed by atoms with Crippen LogP contribution in [0.25, 0.3) is 5.65 Å². The molecule has 1 aliphatic rings. The van der Waals surface area contributed by atoms with Crippen molar-refractivity contribution in [1.29, 1.82) is 0 Å². The Morgan fingerprint density at radius 3 is 2.45 bits per heavy atom. The Morgan fingerprint density at radius 1 is 1.17 bits per heavy atom. The Balaban J connectivity index is 1.71. The van der Waals surface area contributed by atoms with Crippen molar-refractivity contribution in [2.75, 3.05) is 18.4 Å². The molecule has 3 aromatic rings. The summed E-state index contributed by atoms with van der Waals surface area (Å²) in [5, 5.41) is 3.45. The van der Waals surface area contributed by atoms with Crippen molar-refractivity contribution in [3.05, 3.63) is 63.9 Å². The first-order valence-electron chi connectivity index (χ1n) is 10.0. The fourth-order valence-electron chi connectivity index (χ4n) is 4.07. The number of carbonyl (C=O) groups is 1. The normalized spacial score (nSPS) is 14.3. The van der Waals surface area contributed by atoms with Crippen molar-refractivity contribution >= 4 is 17.2 Å². The zero-order chi connectivity index (χ0) is 20.9. The zero-order valence-corrected chi connectivity index (χ0v) is 17.6. The van der Waals surface area contributed by atoms with Gasteiger partial charge in [-0.15, -0.1) is 0 Å². The Hall–Kier alpha value is -2.89. The molecule has 2 aromatic heterocycles. The molecule has 1 amide bonds. The van der Waals surface area contributed by atoms with E-state index < -0.39 is 0 Å². The van der Waals surface area contributed by atoms with E-state index >= 15 is 0 Å². The minimum atomic E-state index is -0.220. The zero-order valence-electron chi connectivity index (χ0n) is 17.6. The van der Waals surface area contributed by atoms with Crippen LogP contribution in [0, 0.1) is 39.4 Å². The molecule has 5 nitrogen and oxygen atoms in total. The lowest BCUT2D eigenvalue weighted by molar-refractivity contribution is 0.0530. The van der Waals surface area contributed by atoms with Gasteiger partial charge in [0.15, 0.2) is 5.65 Å². The molecule has 0 spiro atoms. The summed E-state index contributed by atoms with van der Waals surface area (Å²) in [6.45, 7) is 12.1. The largest absolute Gasteiger partial charge is 0.378 e. The molecule has 0 radical (unpaired) electrons. The average molecular weight is 394 g/mol. The van der Waals surface area contributed by atoms with Crippen LogP contribution in [0.1, 0.15) is 45.4 Å². The van der Waals surface area contributed by atoms with E-state index in [1.165, 1.54) is 0 Å². The summed E-state index contributed by atoms with van der Waals surface area (Å²) in [6, 6.07) is 4.99. The maximum Gasteiger partial charge on any atom is 0.255 e. The van der Waals surface area contributed by atoms with Crippen molar-refractivity contribution in [2.45, 2.75) is 41.2 Å². The predicted molar refractivity (Wildman–Crippen MR) is 113 cm³/mol. The third-order valence-electron chi connectivity index (χ3n) is 5.91. The van der Waals surface area contributed by atoms with Crippen LogP contribution in [-0.4, -0.2) is 33.3 Å². The van der Waals surface area contributed by atoms with Crippen molar-refractivity contribution in [3.63, 3.8) is 0 Å². The molecule has 0 bridgehead atoms. The first-order valence-corrected chi connectivity index (χ1v) is 10.0. The topological polar surface area (TPSA) is 49.6 Å². The second-order valence-electron chi connectivity index (χ2n) is 8.31. The number of aromatic nitrogens is 2. The summed E-state index contributed by atoms with van der Waals surface area (Å²) in [6.07, 6.45) is 1.88. The van der Waals surface area contributed by atoms with Crippen LogP contribution in [0.2, 0.25) is 0 Å². The molecule has 0 atom stereocenters. The van der Waals surface area contributed by atoms with Gasteiger partial charge in [-0.05, 0) is 68.5 Å². The average Bonchev–Trinajstić information content (AvgIpc) is 2.92. The fraction of sp³-hybridized carbons (Fsp3) is 0.391. The van der Waals surface area contributed by atoms with Crippen LogP contribution in [0.5, 0.6) is 0 Å². The highest BCUT2D eigenvalue weighted by molar-refractivity contribution is 5.96. The third-order valence-corrected chi connectivity index (χ3v) is 5.91. The second kappa shape index (κ2) is 7.17. The molecule has 0 saturated carbocycles. The van der Waals surface area contributed by atoms with Crippen molar-refractivity contribution < 1.29 is 9.18 Å². The molecular weight excluding hydrogens is 367 g/mol. The SMILES string of the molecule is Cc1cc(F)cc(C)c1CNc1cc(C(=O)N2CC(C)C2)cn2c(C)c(C)nc12. The summed E-state index contributed by atoms with van der Waals surface area (Å²) in [5.41, 5.74) is 7.08. The van der Waals surface area contributed by atoms with Crippen LogP contribution >= 0.6 is 0 Å². The Bertz CT molecular complexity index is 1090. The van der Waals surface area contributed by atoms with Crippen LogP contribution in [0.4, 0.5) is 10.1 Å². The minimum Gasteiger partial charge on any atom is -0.378 e. The van der Waals surface area contributed by atoms with E-state index in [1.54, 1.807) is 12.1 Å². The van der Waals surface area contributed by atoms with E-state index in [0.29, 0.717) is 18.0 Å². The second-order valence-corrected chi connectivity index (χ2v) is 8.31. The number of halogens is 1. The number of carbonyl (C=O) groups excluding carboxylic acids is 1. The molecule has 6 heteroatoms. The van der Waals surface area contributed by atoms with Crippen LogP contribution < -0.4 is 5.32 Å². The number of imidazole rings is 1. The van der Waals surface area contributed by atoms with Gasteiger partial charge < -0.3 is 14.6 Å². The number of benzene rings is 1. The smallest absolute Gasteiger partial charge is 0.255 e. The fourth-order valence-corrected chi connectivity index (χ4v) is 4.07. The summed E-state index contributed by atoms with van der Waals surface area (Å²) >= 11 is 0. The minimum absolute atomic E-state index is 0.0490. The predicted octanol–water partition coefficient (Wildman–Crippen LogP) is 4.41. The molecule has 1 fully saturated rings. The lowest BCUT2D eigenvalue weighted by atomic mass is 10.0. The number of fused-ring (bicyclic) bond motifs is 1. The molecule has 1 aliphatic heterocycles. The number of hydrogen-bond donors (Lipinski definition) is 1. The number of anilines is 1. The first kappa shape index (κ1) is 19.4. The number of rotatable bonds is 4. The van der Waals surface area contributed by atoms with Crippen LogP contribution in [0.3, 0.4) is 0 Å². The molecular formula is C23H27FN4O. The van der Waals surface area contributed by atoms with E-state index in [4.69, 9.17) is 4.98 Å². The van der Waals surface area contributed by atoms with Gasteiger partial charge in [-0.25, -0.2) is 9.37 Å². The molecule has 3 heterocycles. The number of nitrogens with zero attached hydrogens (tertiary/aromatic N) is 3. The van der Waals surface area contributed by atoms with E-state index in [-0.39, 0.29) is 11.7 Å². The Labute approximate surface area is 170 Å². The maximum atomic E-state index is 13.6. The van der Waals surface area contributed by atoms with Crippen molar-refractivity contribution in [3.8, 4) is 0 Å². The van der Waals surface area contributed by atoms with Gasteiger partial charge in [0.05, 0.1) is 16.9 Å². The number of likely N-dealkylation sites (tertiary alicyclic amines) is 1. The van der Waals surface area contributed by atoms with Crippen LogP contribution in [-0.2, 0) is 6.54 Å². The van der Waals surface area contributed by atoms with Gasteiger partial charge in [0, 0.05) is 31.5 Å². The first-order chi connectivity index (χ1) is 13.7. The summed E-state index contributed by atoms with van der Waals surface area (Å²) in [5.74, 6) is 0.386. The monoisotopic (exact) mass is 394 g/mol. The van der Waals surface area contributed by atoms with E-state index in [1.807, 2.05) is 49.3 Å². The van der Waals surface area contributed by atoms with E-state index in [9.17, 15) is 9.18 Å². The number of nitrogens with one attached hydrogen (secondary N) is 1. The lowest BCUT2D eigenvalue weighted by Gasteiger charge is -2.37. The molecule has 4 rings (SSSR count). The molecule has 0 unspecified atom stereocenters. The van der Waals surface area contributed by atoms with E-state index in [0.717, 1.165) is 52.5 Å². The van der Waals surface area contributed by atoms with Gasteiger partial charge >= 0.3 is 0 Å². The molecule has 29 heavy (non-hydrogen) atoms. The summed E-state index contributed by atoms with van der Waals surface area (Å²) < 4.78 is 15.6. The number of aryl methyl sites for hydroxylation is 4. The molecule has 1 aromatic carbocycles. The van der Waals surface area contributed by atoms with Gasteiger partial charge in [0.25, 0.3) is 5.91 Å². The summed E-state index contributed by atoms with van der Waals surface area (Å²) in [7, 11) is 0. The van der Waals surface area contributed by atoms with Gasteiger partial charge in [-0.1, -0.05) is 6.92 Å². The highest BCUT2D eigenvalue weighted by Gasteiger charge is 2.28. The highest BCUT2D eigenvalue weighted by atomic mass is 19.1. The molecule has 1 saturated heterocycles. The van der Waals surface area contributed by atoms with Gasteiger partial charge in [-0.3, -0.25) is 4.79 Å². The van der Waals surface area contributed by atoms with E-state index in [2.05, 4.69) is 12.2 Å². The number of hydrogen-bond acceptors (Lipinski definition) is 3. The van der Waals surface area contributed by atoms with Gasteiger partial charge in [0.1, 0.15) is 5.82 Å². The Kier molecular flexibility index (Phi) is 4.81. The van der Waals surface area contributed by atoms with Crippen LogP contribution in [0.15, 0.2) is 24.4 Å². The molecule has 1 N–H and O–H groups in total. The Morgan fingerprint density at radius 2 is 1.83 bits per heavy atom. The third kappa shape index (κ3) is 3.48. The quantitative estimate of drug-likeness (QED) is 0.713.